The Kier molecular flexibility index (Phi) is 42.0. The van der Waals surface area contributed by atoms with E-state index in [1.165, 1.54) is 254 Å². The van der Waals surface area contributed by atoms with Gasteiger partial charge in [0.15, 0.2) is 0 Å². The first-order chi connectivity index (χ1) is 60.0. The average molecular weight is 1800 g/mol. The van der Waals surface area contributed by atoms with Gasteiger partial charge in [0.2, 0.25) is 0 Å². The molecule has 0 radical (unpaired) electrons. The largest absolute Gasteiger partial charge is 0.332 e. The van der Waals surface area contributed by atoms with E-state index in [9.17, 15) is 0 Å². The minimum Gasteiger partial charge on any atom is -0.311 e. The van der Waals surface area contributed by atoms with Gasteiger partial charge >= 0.3 is 8.60 Å². The second kappa shape index (κ2) is 47.8. The summed E-state index contributed by atoms with van der Waals surface area (Å²) in [5.74, 6) is 0. The van der Waals surface area contributed by atoms with E-state index in [1.807, 2.05) is 0 Å². The highest BCUT2D eigenvalue weighted by molar-refractivity contribution is 7.41. The van der Waals surface area contributed by atoms with Crippen LogP contribution in [0.3, 0.4) is 0 Å². The lowest BCUT2D eigenvalue weighted by atomic mass is 9.62. The van der Waals surface area contributed by atoms with Crippen LogP contribution < -0.4 is 0 Å². The van der Waals surface area contributed by atoms with Gasteiger partial charge in [0.25, 0.3) is 0 Å². The van der Waals surface area contributed by atoms with Gasteiger partial charge in [-0.15, -0.1) is 0 Å². The van der Waals surface area contributed by atoms with Crippen molar-refractivity contribution in [2.45, 2.75) is 563 Å². The molecule has 0 aliphatic heterocycles. The Morgan fingerprint density at radius 3 is 0.415 bits per heavy atom. The van der Waals surface area contributed by atoms with Gasteiger partial charge in [-0.25, -0.2) is 0 Å². The number of hydrogen-bond acceptors (Lipinski definition) is 3. The van der Waals surface area contributed by atoms with E-state index in [2.05, 4.69) is 379 Å². The summed E-state index contributed by atoms with van der Waals surface area (Å²) in [6, 6.07) is 46.6. The standard InChI is InChI=1S/C126H207O3P/c1-40-43-46-49-52-55-58-61-64-67-82-124(100-76-70-94(112(4,5)6)85-106(100)118(22,23)24,101-77-71-95(113(7,8)9)86-107(101)119(25,26)27)91-127-130(128-92-125(83-68-65-62-59-56-53-50-47-44-41-2,102-78-72-96(114(10,11)12)87-108(102)120(28,29)30)103-79-73-97(115(13,14)15)88-109(103)121(31,32)33)129-93-126(84-69-66-63-60-57-54-51-48-45-42-3,104-80-74-98(116(16,17)18)89-110(104)122(34,35)36)105-81-75-99(117(19,20)21)90-111(105)123(37,38)39/h70-81,85-90H,40-69,82-84,91-93H2,1-39H3. The number of hydrogen-bond donors (Lipinski definition) is 0. The van der Waals surface area contributed by atoms with Crippen LogP contribution in [0.25, 0.3) is 0 Å². The monoisotopic (exact) mass is 1800 g/mol. The van der Waals surface area contributed by atoms with Crippen LogP contribution in [0, 0.1) is 0 Å². The van der Waals surface area contributed by atoms with E-state index in [0.717, 1.165) is 57.8 Å². The van der Waals surface area contributed by atoms with Gasteiger partial charge < -0.3 is 13.6 Å². The predicted octanol–water partition coefficient (Wildman–Crippen LogP) is 39.7. The van der Waals surface area contributed by atoms with Gasteiger partial charge in [-0.1, -0.05) is 572 Å². The molecule has 0 spiro atoms. The smallest absolute Gasteiger partial charge is 0.311 e. The summed E-state index contributed by atoms with van der Waals surface area (Å²) >= 11 is 0. The maximum Gasteiger partial charge on any atom is 0.332 e. The second-order valence-corrected chi connectivity index (χ2v) is 54.9. The lowest BCUT2D eigenvalue weighted by Crippen LogP contribution is -2.41. The highest BCUT2D eigenvalue weighted by Crippen LogP contribution is 2.58. The topological polar surface area (TPSA) is 27.7 Å². The van der Waals surface area contributed by atoms with Crippen molar-refractivity contribution in [2.75, 3.05) is 19.8 Å². The Bertz CT molecular complexity index is 3690. The van der Waals surface area contributed by atoms with Crippen molar-refractivity contribution >= 4 is 8.60 Å². The van der Waals surface area contributed by atoms with Gasteiger partial charge in [-0.2, -0.15) is 0 Å². The van der Waals surface area contributed by atoms with E-state index in [-0.39, 0.29) is 65.0 Å². The van der Waals surface area contributed by atoms with E-state index < -0.39 is 24.8 Å². The minimum atomic E-state index is -2.27. The summed E-state index contributed by atoms with van der Waals surface area (Å²) in [6.45, 7) is 96.2. The van der Waals surface area contributed by atoms with Crippen molar-refractivity contribution in [1.29, 1.82) is 0 Å². The molecule has 734 valence electrons. The normalized spacial score (nSPS) is 13.8. The molecule has 130 heavy (non-hydrogen) atoms. The van der Waals surface area contributed by atoms with Gasteiger partial charge in [0.1, 0.15) is 0 Å². The zero-order valence-electron chi connectivity index (χ0n) is 93.0. The first kappa shape index (κ1) is 114. The third-order valence-electron chi connectivity index (χ3n) is 29.4. The van der Waals surface area contributed by atoms with Crippen molar-refractivity contribution in [3.63, 3.8) is 0 Å². The van der Waals surface area contributed by atoms with Crippen LogP contribution in [-0.2, 0) is 94.8 Å². The summed E-state index contributed by atoms with van der Waals surface area (Å²) in [5.41, 5.74) is 20.8. The Labute approximate surface area is 809 Å². The molecule has 3 nitrogen and oxygen atoms in total. The van der Waals surface area contributed by atoms with Crippen LogP contribution in [0.15, 0.2) is 109 Å². The third-order valence-corrected chi connectivity index (χ3v) is 30.4. The highest BCUT2D eigenvalue weighted by Gasteiger charge is 2.49. The molecule has 0 aliphatic rings. The van der Waals surface area contributed by atoms with Crippen molar-refractivity contribution in [2.24, 2.45) is 0 Å². The van der Waals surface area contributed by atoms with E-state index in [4.69, 9.17) is 13.6 Å². The van der Waals surface area contributed by atoms with E-state index in [1.54, 1.807) is 0 Å². The maximum absolute atomic E-state index is 8.80. The lowest BCUT2D eigenvalue weighted by molar-refractivity contribution is 0.105. The predicted molar refractivity (Wildman–Crippen MR) is 580 cm³/mol. The van der Waals surface area contributed by atoms with Crippen molar-refractivity contribution in [3.8, 4) is 0 Å². The SMILES string of the molecule is CCCCCCCCCCCCC(COP(OCC(CCCCCCCCCCCC)(c1ccc(C(C)(C)C)cc1C(C)(C)C)c1ccc(C(C)(C)C)cc1C(C)(C)C)OCC(CCCCCCCCCCCC)(c1ccc(C(C)(C)C)cc1C(C)(C)C)c1ccc(C(C)(C)C)cc1C(C)(C)C)(c1ccc(C(C)(C)C)cc1C(C)(C)C)c1ccc(C(C)(C)C)cc1C(C)(C)C. The molecule has 0 saturated heterocycles. The number of unbranched alkanes of at least 4 members (excludes halogenated alkanes) is 27. The quantitative estimate of drug-likeness (QED) is 0.0281. The zero-order valence-corrected chi connectivity index (χ0v) is 93.9. The Balaban J connectivity index is 1.95. The van der Waals surface area contributed by atoms with Crippen LogP contribution in [0.4, 0.5) is 0 Å². The molecule has 0 bridgehead atoms. The summed E-state index contributed by atoms with van der Waals surface area (Å²) < 4.78 is 26.4. The summed E-state index contributed by atoms with van der Waals surface area (Å²) in [4.78, 5) is 0. The lowest BCUT2D eigenvalue weighted by Gasteiger charge is -2.45. The minimum absolute atomic E-state index is 0.0877. The van der Waals surface area contributed by atoms with Gasteiger partial charge in [-0.05, 0) is 184 Å². The van der Waals surface area contributed by atoms with Crippen LogP contribution in [0.5, 0.6) is 0 Å². The highest BCUT2D eigenvalue weighted by atomic mass is 31.2. The van der Waals surface area contributed by atoms with E-state index >= 15 is 0 Å². The molecular weight excluding hydrogens is 1590 g/mol. The Hall–Kier alpha value is -4.37. The van der Waals surface area contributed by atoms with Gasteiger partial charge in [-0.3, -0.25) is 0 Å². The molecule has 6 aromatic carbocycles. The first-order valence-electron chi connectivity index (χ1n) is 53.6. The second-order valence-electron chi connectivity index (χ2n) is 53.6. The van der Waals surface area contributed by atoms with Crippen molar-refractivity contribution < 1.29 is 13.6 Å². The third kappa shape index (κ3) is 32.6. The molecule has 4 heteroatoms. The molecule has 0 amide bonds. The molecule has 0 saturated carbocycles. The summed E-state index contributed by atoms with van der Waals surface area (Å²) in [6.07, 6.45) is 40.6. The fourth-order valence-electron chi connectivity index (χ4n) is 20.6. The van der Waals surface area contributed by atoms with Crippen molar-refractivity contribution in [1.82, 2.24) is 0 Å². The first-order valence-corrected chi connectivity index (χ1v) is 54.7. The van der Waals surface area contributed by atoms with Crippen molar-refractivity contribution in [3.05, 3.63) is 209 Å². The molecule has 0 N–H and O–H groups in total. The van der Waals surface area contributed by atoms with Gasteiger partial charge in [0.05, 0.1) is 19.8 Å². The molecular formula is C126H207O3P. The van der Waals surface area contributed by atoms with Crippen LogP contribution in [-0.4, -0.2) is 19.8 Å². The molecule has 6 aromatic rings. The van der Waals surface area contributed by atoms with Crippen LogP contribution >= 0.6 is 8.60 Å². The maximum atomic E-state index is 8.80. The molecule has 0 atom stereocenters. The molecule has 0 aromatic heterocycles. The van der Waals surface area contributed by atoms with E-state index in [0.29, 0.717) is 19.8 Å². The molecule has 6 rings (SSSR count). The average Bonchev–Trinajstić information content (AvgIpc) is 0.736. The molecule has 0 aliphatic carbocycles. The van der Waals surface area contributed by atoms with Crippen LogP contribution in [0.1, 0.15) is 582 Å². The van der Waals surface area contributed by atoms with Crippen LogP contribution in [0.2, 0.25) is 0 Å². The number of rotatable bonds is 48. The Morgan fingerprint density at radius 2 is 0.292 bits per heavy atom. The molecule has 0 fully saturated rings. The molecule has 0 heterocycles. The Morgan fingerprint density at radius 1 is 0.162 bits per heavy atom. The zero-order chi connectivity index (χ0) is 97.8. The summed E-state index contributed by atoms with van der Waals surface area (Å²) in [5, 5.41) is 0. The molecule has 0 unspecified atom stereocenters. The fraction of sp³-hybridized carbons (Fsp3) is 0.714. The fourth-order valence-corrected chi connectivity index (χ4v) is 21.8. The number of benzene rings is 6. The summed E-state index contributed by atoms with van der Waals surface area (Å²) in [7, 11) is -2.27. The van der Waals surface area contributed by atoms with Gasteiger partial charge in [0, 0.05) is 16.2 Å².